The fraction of sp³-hybridized carbons (Fsp3) is 0.684. The van der Waals surface area contributed by atoms with Crippen LogP contribution in [0.3, 0.4) is 0 Å². The Kier molecular flexibility index (Phi) is 5.63. The van der Waals surface area contributed by atoms with Crippen molar-refractivity contribution >= 4 is 17.4 Å². The number of pyridine rings is 1. The molecule has 0 aromatic carbocycles. The van der Waals surface area contributed by atoms with E-state index in [0.29, 0.717) is 16.8 Å². The van der Waals surface area contributed by atoms with Gasteiger partial charge in [-0.05, 0) is 38.7 Å². The SMILES string of the molecule is CCN(CC)c1nc(Cl)c(C#N)c2c1CCN(C1CCCCC1)C2. The molecular weight excluding hydrogens is 320 g/mol. The minimum Gasteiger partial charge on any atom is -0.357 e. The molecule has 0 spiro atoms. The Labute approximate surface area is 150 Å². The number of hydrogen-bond acceptors (Lipinski definition) is 4. The van der Waals surface area contributed by atoms with Gasteiger partial charge in [-0.3, -0.25) is 4.90 Å². The van der Waals surface area contributed by atoms with Gasteiger partial charge in [-0.15, -0.1) is 0 Å². The zero-order chi connectivity index (χ0) is 17.1. The summed E-state index contributed by atoms with van der Waals surface area (Å²) in [6.07, 6.45) is 7.59. The van der Waals surface area contributed by atoms with E-state index in [1.54, 1.807) is 0 Å². The average molecular weight is 347 g/mol. The quantitative estimate of drug-likeness (QED) is 0.768. The van der Waals surface area contributed by atoms with Gasteiger partial charge in [-0.1, -0.05) is 30.9 Å². The van der Waals surface area contributed by atoms with Crippen molar-refractivity contribution in [2.75, 3.05) is 24.5 Å². The molecule has 1 fully saturated rings. The monoisotopic (exact) mass is 346 g/mol. The molecule has 1 aromatic heterocycles. The van der Waals surface area contributed by atoms with Crippen LogP contribution in [0, 0.1) is 11.3 Å². The molecule has 3 rings (SSSR count). The average Bonchev–Trinajstić information content (AvgIpc) is 2.63. The van der Waals surface area contributed by atoms with Crippen LogP contribution in [0.15, 0.2) is 0 Å². The number of hydrogen-bond donors (Lipinski definition) is 0. The predicted octanol–water partition coefficient (Wildman–Crippen LogP) is 4.14. The largest absolute Gasteiger partial charge is 0.357 e. The Morgan fingerprint density at radius 3 is 2.54 bits per heavy atom. The molecular formula is C19H27ClN4. The Balaban J connectivity index is 1.97. The number of anilines is 1. The maximum absolute atomic E-state index is 9.61. The van der Waals surface area contributed by atoms with Crippen LogP contribution in [0.25, 0.3) is 0 Å². The molecule has 0 radical (unpaired) electrons. The second kappa shape index (κ2) is 7.72. The zero-order valence-electron chi connectivity index (χ0n) is 14.8. The third kappa shape index (κ3) is 3.25. The number of nitriles is 1. The maximum Gasteiger partial charge on any atom is 0.149 e. The van der Waals surface area contributed by atoms with Crippen LogP contribution in [0.5, 0.6) is 0 Å². The van der Waals surface area contributed by atoms with Crippen molar-refractivity contribution in [2.24, 2.45) is 0 Å². The molecule has 0 saturated heterocycles. The van der Waals surface area contributed by atoms with Crippen LogP contribution in [0.2, 0.25) is 5.15 Å². The van der Waals surface area contributed by atoms with E-state index in [2.05, 4.69) is 34.7 Å². The van der Waals surface area contributed by atoms with Gasteiger partial charge in [0.2, 0.25) is 0 Å². The fourth-order valence-electron chi connectivity index (χ4n) is 4.26. The van der Waals surface area contributed by atoms with E-state index in [4.69, 9.17) is 11.6 Å². The maximum atomic E-state index is 9.61. The number of aromatic nitrogens is 1. The van der Waals surface area contributed by atoms with Crippen molar-refractivity contribution in [3.63, 3.8) is 0 Å². The van der Waals surface area contributed by atoms with Crippen molar-refractivity contribution in [1.82, 2.24) is 9.88 Å². The van der Waals surface area contributed by atoms with Crippen LogP contribution in [0.1, 0.15) is 62.6 Å². The third-order valence-corrected chi connectivity index (χ3v) is 5.90. The first kappa shape index (κ1) is 17.5. The van der Waals surface area contributed by atoms with E-state index in [-0.39, 0.29) is 0 Å². The second-order valence-electron chi connectivity index (χ2n) is 6.85. The molecule has 0 unspecified atom stereocenters. The van der Waals surface area contributed by atoms with E-state index < -0.39 is 0 Å². The molecule has 0 atom stereocenters. The second-order valence-corrected chi connectivity index (χ2v) is 7.21. The van der Waals surface area contributed by atoms with Gasteiger partial charge in [-0.2, -0.15) is 5.26 Å². The van der Waals surface area contributed by atoms with Crippen molar-refractivity contribution in [3.05, 3.63) is 21.8 Å². The molecule has 1 aliphatic carbocycles. The summed E-state index contributed by atoms with van der Waals surface area (Å²) in [6, 6.07) is 2.98. The smallest absolute Gasteiger partial charge is 0.149 e. The van der Waals surface area contributed by atoms with E-state index in [0.717, 1.165) is 44.0 Å². The lowest BCUT2D eigenvalue weighted by molar-refractivity contribution is 0.141. The van der Waals surface area contributed by atoms with Crippen LogP contribution in [0.4, 0.5) is 5.82 Å². The molecule has 130 valence electrons. The van der Waals surface area contributed by atoms with Crippen LogP contribution < -0.4 is 4.90 Å². The van der Waals surface area contributed by atoms with Gasteiger partial charge in [0.15, 0.2) is 0 Å². The molecule has 1 saturated carbocycles. The van der Waals surface area contributed by atoms with Crippen LogP contribution in [-0.4, -0.2) is 35.6 Å². The number of halogens is 1. The molecule has 0 amide bonds. The number of nitrogens with zero attached hydrogens (tertiary/aromatic N) is 4. The molecule has 5 heteroatoms. The van der Waals surface area contributed by atoms with E-state index >= 15 is 0 Å². The van der Waals surface area contributed by atoms with E-state index in [1.165, 1.54) is 37.7 Å². The molecule has 2 heterocycles. The van der Waals surface area contributed by atoms with Crippen LogP contribution >= 0.6 is 11.6 Å². The summed E-state index contributed by atoms with van der Waals surface area (Å²) in [7, 11) is 0. The third-order valence-electron chi connectivity index (χ3n) is 5.62. The van der Waals surface area contributed by atoms with Gasteiger partial charge in [0.05, 0.1) is 5.56 Å². The highest BCUT2D eigenvalue weighted by atomic mass is 35.5. The summed E-state index contributed by atoms with van der Waals surface area (Å²) in [4.78, 5) is 9.41. The Morgan fingerprint density at radius 1 is 1.21 bits per heavy atom. The topological polar surface area (TPSA) is 43.2 Å². The van der Waals surface area contributed by atoms with Crippen molar-refractivity contribution < 1.29 is 0 Å². The summed E-state index contributed by atoms with van der Waals surface area (Å²) in [5.41, 5.74) is 2.95. The Morgan fingerprint density at radius 2 is 1.92 bits per heavy atom. The minimum absolute atomic E-state index is 0.364. The first-order valence-corrected chi connectivity index (χ1v) is 9.67. The van der Waals surface area contributed by atoms with E-state index in [9.17, 15) is 5.26 Å². The predicted molar refractivity (Wildman–Crippen MR) is 98.5 cm³/mol. The van der Waals surface area contributed by atoms with Crippen molar-refractivity contribution in [3.8, 4) is 6.07 Å². The minimum atomic E-state index is 0.364. The van der Waals surface area contributed by atoms with Gasteiger partial charge in [0.1, 0.15) is 17.0 Å². The summed E-state index contributed by atoms with van der Waals surface area (Å²) in [6.45, 7) is 8.01. The van der Waals surface area contributed by atoms with Gasteiger partial charge in [-0.25, -0.2) is 4.98 Å². The normalized spacial score (nSPS) is 18.9. The summed E-state index contributed by atoms with van der Waals surface area (Å²) < 4.78 is 0. The summed E-state index contributed by atoms with van der Waals surface area (Å²) >= 11 is 6.38. The summed E-state index contributed by atoms with van der Waals surface area (Å²) in [5, 5.41) is 9.97. The van der Waals surface area contributed by atoms with Gasteiger partial charge in [0, 0.05) is 37.8 Å². The first-order valence-electron chi connectivity index (χ1n) is 9.29. The van der Waals surface area contributed by atoms with Gasteiger partial charge in [0.25, 0.3) is 0 Å². The summed E-state index contributed by atoms with van der Waals surface area (Å²) in [5.74, 6) is 0.988. The van der Waals surface area contributed by atoms with Crippen molar-refractivity contribution in [1.29, 1.82) is 5.26 Å². The highest BCUT2D eigenvalue weighted by Gasteiger charge is 2.30. The molecule has 0 N–H and O–H groups in total. The molecule has 1 aromatic rings. The highest BCUT2D eigenvalue weighted by Crippen LogP contribution is 2.35. The zero-order valence-corrected chi connectivity index (χ0v) is 15.6. The lowest BCUT2D eigenvalue weighted by Gasteiger charge is -2.39. The molecule has 1 aliphatic heterocycles. The lowest BCUT2D eigenvalue weighted by Crippen LogP contribution is -2.41. The molecule has 4 nitrogen and oxygen atoms in total. The standard InChI is InChI=1S/C19H27ClN4/c1-3-23(4-2)19-15-10-11-24(14-8-6-5-7-9-14)13-17(15)16(12-21)18(20)22-19/h14H,3-11,13H2,1-2H3. The first-order chi connectivity index (χ1) is 11.7. The fourth-order valence-corrected chi connectivity index (χ4v) is 4.49. The van der Waals surface area contributed by atoms with Crippen LogP contribution in [-0.2, 0) is 13.0 Å². The lowest BCUT2D eigenvalue weighted by atomic mass is 9.90. The van der Waals surface area contributed by atoms with Gasteiger partial charge < -0.3 is 4.90 Å². The Bertz CT molecular complexity index is 627. The van der Waals surface area contributed by atoms with Gasteiger partial charge >= 0.3 is 0 Å². The van der Waals surface area contributed by atoms with E-state index in [1.807, 2.05) is 0 Å². The number of rotatable bonds is 4. The molecule has 0 bridgehead atoms. The molecule has 24 heavy (non-hydrogen) atoms. The highest BCUT2D eigenvalue weighted by molar-refractivity contribution is 6.30. The number of fused-ring (bicyclic) bond motifs is 1. The molecule has 2 aliphatic rings. The Hall–Kier alpha value is -1.31. The van der Waals surface area contributed by atoms with Crippen molar-refractivity contribution in [2.45, 2.75) is 65.0 Å².